The van der Waals surface area contributed by atoms with Crippen LogP contribution in [-0.2, 0) is 16.1 Å². The van der Waals surface area contributed by atoms with Gasteiger partial charge < -0.3 is 15.4 Å². The molecule has 0 atom stereocenters. The lowest BCUT2D eigenvalue weighted by Crippen LogP contribution is -2.37. The van der Waals surface area contributed by atoms with Crippen molar-refractivity contribution in [2.45, 2.75) is 53.0 Å². The van der Waals surface area contributed by atoms with Crippen LogP contribution in [0.3, 0.4) is 0 Å². The summed E-state index contributed by atoms with van der Waals surface area (Å²) in [5, 5.41) is 7.59. The minimum atomic E-state index is -0.137. The summed E-state index contributed by atoms with van der Waals surface area (Å²) >= 11 is 1.70. The number of aryl methyl sites for hydroxylation is 2. The molecule has 0 aliphatic heterocycles. The summed E-state index contributed by atoms with van der Waals surface area (Å²) in [7, 11) is 1.43. The molecule has 0 radical (unpaired) electrons. The molecule has 1 rings (SSSR count). The molecule has 8 heteroatoms. The Balaban J connectivity index is 0.00000529. The normalized spacial score (nSPS) is 10.9. The topological polar surface area (TPSA) is 75.6 Å². The van der Waals surface area contributed by atoms with E-state index in [1.54, 1.807) is 11.3 Å². The van der Waals surface area contributed by atoms with Gasteiger partial charge in [-0.05, 0) is 33.6 Å². The molecule has 24 heavy (non-hydrogen) atoms. The number of rotatable bonds is 9. The van der Waals surface area contributed by atoms with Crippen molar-refractivity contribution >= 4 is 47.2 Å². The number of nitrogens with one attached hydrogen (secondary N) is 2. The van der Waals surface area contributed by atoms with E-state index >= 15 is 0 Å². The second-order valence-electron chi connectivity index (χ2n) is 5.26. The van der Waals surface area contributed by atoms with Crippen molar-refractivity contribution in [2.24, 2.45) is 4.99 Å². The fourth-order valence-corrected chi connectivity index (χ4v) is 2.83. The Labute approximate surface area is 165 Å². The summed E-state index contributed by atoms with van der Waals surface area (Å²) in [6.45, 7) is 8.41. The molecule has 1 heterocycles. The van der Waals surface area contributed by atoms with Crippen molar-refractivity contribution < 1.29 is 9.53 Å². The number of unbranched alkanes of at least 4 members (excludes halogenated alkanes) is 2. The highest BCUT2D eigenvalue weighted by Gasteiger charge is 2.04. The molecule has 1 aromatic heterocycles. The van der Waals surface area contributed by atoms with E-state index in [1.165, 1.54) is 12.0 Å². The van der Waals surface area contributed by atoms with Crippen LogP contribution in [0.5, 0.6) is 0 Å². The number of aromatic nitrogens is 1. The Hall–Kier alpha value is -0.900. The van der Waals surface area contributed by atoms with Gasteiger partial charge in [-0.1, -0.05) is 6.42 Å². The molecule has 0 bridgehead atoms. The van der Waals surface area contributed by atoms with Crippen LogP contribution in [0.2, 0.25) is 0 Å². The van der Waals surface area contributed by atoms with Gasteiger partial charge in [0.05, 0.1) is 19.3 Å². The maximum atomic E-state index is 11.0. The summed E-state index contributed by atoms with van der Waals surface area (Å²) in [6.07, 6.45) is 3.34. The van der Waals surface area contributed by atoms with Gasteiger partial charge in [0, 0.05) is 24.4 Å². The van der Waals surface area contributed by atoms with Crippen molar-refractivity contribution in [1.82, 2.24) is 15.6 Å². The summed E-state index contributed by atoms with van der Waals surface area (Å²) < 4.78 is 4.62. The molecule has 2 N–H and O–H groups in total. The van der Waals surface area contributed by atoms with Crippen LogP contribution >= 0.6 is 35.3 Å². The highest BCUT2D eigenvalue weighted by Crippen LogP contribution is 2.16. The van der Waals surface area contributed by atoms with E-state index in [1.807, 2.05) is 13.8 Å². The fourth-order valence-electron chi connectivity index (χ4n) is 1.98. The average Bonchev–Trinajstić information content (AvgIpc) is 2.86. The molecule has 0 aromatic carbocycles. The van der Waals surface area contributed by atoms with Gasteiger partial charge in [-0.3, -0.25) is 4.79 Å². The molecular formula is C16H29IN4O2S. The number of thiazole rings is 1. The SMILES string of the molecule is CCNC(=NCc1nc(C)c(C)s1)NCCCCCC(=O)OC.I. The quantitative estimate of drug-likeness (QED) is 0.192. The Morgan fingerprint density at radius 2 is 2.00 bits per heavy atom. The van der Waals surface area contributed by atoms with E-state index < -0.39 is 0 Å². The van der Waals surface area contributed by atoms with Crippen LogP contribution in [0.4, 0.5) is 0 Å². The second-order valence-corrected chi connectivity index (χ2v) is 6.55. The first-order valence-corrected chi connectivity index (χ1v) is 8.90. The molecule has 1 aromatic rings. The number of guanidine groups is 1. The number of esters is 1. The van der Waals surface area contributed by atoms with Crippen LogP contribution in [0, 0.1) is 13.8 Å². The highest BCUT2D eigenvalue weighted by atomic mass is 127. The second kappa shape index (κ2) is 13.4. The minimum absolute atomic E-state index is 0. The Kier molecular flexibility index (Phi) is 12.9. The van der Waals surface area contributed by atoms with Crippen LogP contribution in [0.1, 0.15) is 48.2 Å². The maximum Gasteiger partial charge on any atom is 0.305 e. The lowest BCUT2D eigenvalue weighted by atomic mass is 10.2. The fraction of sp³-hybridized carbons (Fsp3) is 0.688. The lowest BCUT2D eigenvalue weighted by Gasteiger charge is -2.10. The molecule has 0 spiro atoms. The number of hydrogen-bond donors (Lipinski definition) is 2. The van der Waals surface area contributed by atoms with Gasteiger partial charge in [0.2, 0.25) is 0 Å². The number of hydrogen-bond acceptors (Lipinski definition) is 5. The number of carbonyl (C=O) groups excluding carboxylic acids is 1. The van der Waals surface area contributed by atoms with Gasteiger partial charge in [0.25, 0.3) is 0 Å². The number of methoxy groups -OCH3 is 1. The largest absolute Gasteiger partial charge is 0.469 e. The molecule has 0 saturated carbocycles. The standard InChI is InChI=1S/C16H28N4O2S.HI/c1-5-17-16(18-10-8-6-7-9-15(21)22-4)19-11-14-20-12(2)13(3)23-14;/h5-11H2,1-4H3,(H2,17,18,19);1H. The molecule has 6 nitrogen and oxygen atoms in total. The van der Waals surface area contributed by atoms with Crippen LogP contribution < -0.4 is 10.6 Å². The smallest absolute Gasteiger partial charge is 0.305 e. The third-order valence-electron chi connectivity index (χ3n) is 3.37. The van der Waals surface area contributed by atoms with E-state index in [0.717, 1.165) is 49.0 Å². The molecule has 138 valence electrons. The molecule has 0 unspecified atom stereocenters. The number of ether oxygens (including phenoxy) is 1. The third kappa shape index (κ3) is 9.41. The van der Waals surface area contributed by atoms with Crippen LogP contribution in [0.25, 0.3) is 0 Å². The molecule has 0 aliphatic carbocycles. The monoisotopic (exact) mass is 468 g/mol. The van der Waals surface area contributed by atoms with E-state index in [4.69, 9.17) is 0 Å². The number of carbonyl (C=O) groups is 1. The summed E-state index contributed by atoms with van der Waals surface area (Å²) in [4.78, 5) is 21.3. The summed E-state index contributed by atoms with van der Waals surface area (Å²) in [5.41, 5.74) is 1.09. The van der Waals surface area contributed by atoms with Crippen molar-refractivity contribution in [1.29, 1.82) is 0 Å². The van der Waals surface area contributed by atoms with Crippen LogP contribution in [0.15, 0.2) is 4.99 Å². The van der Waals surface area contributed by atoms with E-state index in [9.17, 15) is 4.79 Å². The Bertz CT molecular complexity index is 501. The minimum Gasteiger partial charge on any atom is -0.469 e. The first-order valence-electron chi connectivity index (χ1n) is 8.08. The Morgan fingerprint density at radius 1 is 1.25 bits per heavy atom. The number of aliphatic imine (C=N–C) groups is 1. The van der Waals surface area contributed by atoms with Crippen molar-refractivity contribution in [3.8, 4) is 0 Å². The van der Waals surface area contributed by atoms with Gasteiger partial charge in [0.1, 0.15) is 5.01 Å². The van der Waals surface area contributed by atoms with E-state index in [-0.39, 0.29) is 29.9 Å². The summed E-state index contributed by atoms with van der Waals surface area (Å²) in [6, 6.07) is 0. The summed E-state index contributed by atoms with van der Waals surface area (Å²) in [5.74, 6) is 0.674. The zero-order chi connectivity index (χ0) is 17.1. The zero-order valence-corrected chi connectivity index (χ0v) is 18.1. The van der Waals surface area contributed by atoms with Gasteiger partial charge in [-0.25, -0.2) is 9.98 Å². The van der Waals surface area contributed by atoms with E-state index in [2.05, 4.69) is 32.3 Å². The van der Waals surface area contributed by atoms with Crippen molar-refractivity contribution in [3.05, 3.63) is 15.6 Å². The van der Waals surface area contributed by atoms with E-state index in [0.29, 0.717) is 13.0 Å². The number of nitrogens with zero attached hydrogens (tertiary/aromatic N) is 2. The highest BCUT2D eigenvalue weighted by molar-refractivity contribution is 14.0. The zero-order valence-electron chi connectivity index (χ0n) is 15.0. The lowest BCUT2D eigenvalue weighted by molar-refractivity contribution is -0.140. The molecular weight excluding hydrogens is 439 g/mol. The average molecular weight is 468 g/mol. The van der Waals surface area contributed by atoms with Crippen molar-refractivity contribution in [3.63, 3.8) is 0 Å². The molecule has 0 amide bonds. The predicted octanol–water partition coefficient (Wildman–Crippen LogP) is 3.17. The van der Waals surface area contributed by atoms with Crippen LogP contribution in [-0.4, -0.2) is 37.1 Å². The molecule has 0 fully saturated rings. The first kappa shape index (κ1) is 23.1. The van der Waals surface area contributed by atoms with Crippen molar-refractivity contribution in [2.75, 3.05) is 20.2 Å². The third-order valence-corrected chi connectivity index (χ3v) is 4.42. The maximum absolute atomic E-state index is 11.0. The molecule has 0 aliphatic rings. The Morgan fingerprint density at radius 3 is 2.58 bits per heavy atom. The number of halogens is 1. The first-order chi connectivity index (χ1) is 11.1. The predicted molar refractivity (Wildman–Crippen MR) is 110 cm³/mol. The van der Waals surface area contributed by atoms with Gasteiger partial charge in [0.15, 0.2) is 5.96 Å². The van der Waals surface area contributed by atoms with Gasteiger partial charge in [-0.2, -0.15) is 0 Å². The van der Waals surface area contributed by atoms with Gasteiger partial charge in [-0.15, -0.1) is 35.3 Å². The van der Waals surface area contributed by atoms with Gasteiger partial charge >= 0.3 is 5.97 Å². The molecule has 0 saturated heterocycles.